The average Bonchev–Trinajstić information content (AvgIpc) is 2.49. The monoisotopic (exact) mass is 406 g/mol. The second-order valence-corrected chi connectivity index (χ2v) is 6.20. The molecule has 2 heterocycles. The van der Waals surface area contributed by atoms with Crippen molar-refractivity contribution in [1.29, 1.82) is 0 Å². The highest BCUT2D eigenvalue weighted by Gasteiger charge is 2.14. The van der Waals surface area contributed by atoms with Crippen LogP contribution < -0.4 is 5.32 Å². The van der Waals surface area contributed by atoms with Crippen LogP contribution in [0.1, 0.15) is 5.69 Å². The number of aromatic nitrogens is 3. The Hall–Kier alpha value is -1.53. The maximum absolute atomic E-state index is 4.68. The van der Waals surface area contributed by atoms with Gasteiger partial charge >= 0.3 is 0 Å². The highest BCUT2D eigenvalue weighted by Crippen LogP contribution is 2.31. The molecular formula is C15H12Br2N4. The van der Waals surface area contributed by atoms with Gasteiger partial charge in [-0.15, -0.1) is 0 Å². The van der Waals surface area contributed by atoms with Crippen molar-refractivity contribution in [2.24, 2.45) is 0 Å². The molecule has 0 atom stereocenters. The Morgan fingerprint density at radius 3 is 2.57 bits per heavy atom. The quantitative estimate of drug-likeness (QED) is 0.676. The van der Waals surface area contributed by atoms with Crippen molar-refractivity contribution in [2.45, 2.75) is 6.92 Å². The number of pyridine rings is 1. The molecule has 6 heteroatoms. The molecule has 0 amide bonds. The Morgan fingerprint density at radius 1 is 1.05 bits per heavy atom. The first-order chi connectivity index (χ1) is 10.1. The van der Waals surface area contributed by atoms with Gasteiger partial charge in [0.05, 0.1) is 15.7 Å². The van der Waals surface area contributed by atoms with E-state index in [9.17, 15) is 0 Å². The van der Waals surface area contributed by atoms with Gasteiger partial charge in [0.2, 0.25) is 0 Å². The van der Waals surface area contributed by atoms with Gasteiger partial charge < -0.3 is 5.32 Å². The first-order valence-electron chi connectivity index (χ1n) is 6.37. The fourth-order valence-electron chi connectivity index (χ4n) is 2.08. The van der Waals surface area contributed by atoms with Gasteiger partial charge in [-0.05, 0) is 50.9 Å². The summed E-state index contributed by atoms with van der Waals surface area (Å²) >= 11 is 7.05. The fourth-order valence-corrected chi connectivity index (χ4v) is 2.97. The summed E-state index contributed by atoms with van der Waals surface area (Å²) in [6.45, 7) is 1.94. The Morgan fingerprint density at radius 2 is 1.81 bits per heavy atom. The molecular weight excluding hydrogens is 396 g/mol. The SMILES string of the molecule is CNc1nc(-c2nc3ccccc3cc2Br)nc(C)c1Br. The minimum absolute atomic E-state index is 0.595. The van der Waals surface area contributed by atoms with Gasteiger partial charge in [0.25, 0.3) is 0 Å². The summed E-state index contributed by atoms with van der Waals surface area (Å²) in [5.74, 6) is 1.34. The molecule has 2 aromatic heterocycles. The molecule has 3 aromatic rings. The van der Waals surface area contributed by atoms with Crippen molar-refractivity contribution in [2.75, 3.05) is 12.4 Å². The van der Waals surface area contributed by atoms with Gasteiger partial charge in [-0.1, -0.05) is 18.2 Å². The number of hydrogen-bond donors (Lipinski definition) is 1. The van der Waals surface area contributed by atoms with Crippen LogP contribution in [0.15, 0.2) is 39.3 Å². The Kier molecular flexibility index (Phi) is 3.91. The van der Waals surface area contributed by atoms with Crippen LogP contribution in [-0.4, -0.2) is 22.0 Å². The number of rotatable bonds is 2. The van der Waals surface area contributed by atoms with E-state index in [0.29, 0.717) is 5.82 Å². The van der Waals surface area contributed by atoms with Crippen LogP contribution in [0.25, 0.3) is 22.4 Å². The first kappa shape index (κ1) is 14.4. The number of para-hydroxylation sites is 1. The lowest BCUT2D eigenvalue weighted by Gasteiger charge is -2.10. The number of hydrogen-bond acceptors (Lipinski definition) is 4. The molecule has 0 aliphatic carbocycles. The normalized spacial score (nSPS) is 10.9. The Labute approximate surface area is 139 Å². The van der Waals surface area contributed by atoms with Gasteiger partial charge in [0.15, 0.2) is 5.82 Å². The Bertz CT molecular complexity index is 833. The van der Waals surface area contributed by atoms with Gasteiger partial charge in [-0.2, -0.15) is 0 Å². The van der Waals surface area contributed by atoms with Crippen LogP contribution in [0.4, 0.5) is 5.82 Å². The summed E-state index contributed by atoms with van der Waals surface area (Å²) in [5.41, 5.74) is 2.53. The maximum Gasteiger partial charge on any atom is 0.181 e. The molecule has 0 aliphatic rings. The molecule has 0 aliphatic heterocycles. The average molecular weight is 408 g/mol. The molecule has 0 radical (unpaired) electrons. The van der Waals surface area contributed by atoms with E-state index in [2.05, 4.69) is 52.1 Å². The molecule has 0 spiro atoms. The fraction of sp³-hybridized carbons (Fsp3) is 0.133. The van der Waals surface area contributed by atoms with Crippen molar-refractivity contribution in [1.82, 2.24) is 15.0 Å². The molecule has 1 N–H and O–H groups in total. The van der Waals surface area contributed by atoms with Crippen LogP contribution in [0.2, 0.25) is 0 Å². The molecule has 1 aromatic carbocycles. The third-order valence-electron chi connectivity index (χ3n) is 3.14. The lowest BCUT2D eigenvalue weighted by atomic mass is 10.2. The topological polar surface area (TPSA) is 50.7 Å². The van der Waals surface area contributed by atoms with E-state index in [0.717, 1.165) is 37.1 Å². The van der Waals surface area contributed by atoms with E-state index in [1.54, 1.807) is 0 Å². The highest BCUT2D eigenvalue weighted by atomic mass is 79.9. The predicted octanol–water partition coefficient (Wildman–Crippen LogP) is 4.57. The largest absolute Gasteiger partial charge is 0.372 e. The lowest BCUT2D eigenvalue weighted by Crippen LogP contribution is -2.02. The van der Waals surface area contributed by atoms with Crippen LogP contribution in [0.3, 0.4) is 0 Å². The minimum Gasteiger partial charge on any atom is -0.372 e. The lowest BCUT2D eigenvalue weighted by molar-refractivity contribution is 1.07. The van der Waals surface area contributed by atoms with E-state index < -0.39 is 0 Å². The van der Waals surface area contributed by atoms with Crippen LogP contribution in [-0.2, 0) is 0 Å². The van der Waals surface area contributed by atoms with E-state index in [-0.39, 0.29) is 0 Å². The molecule has 0 saturated carbocycles. The number of nitrogens with one attached hydrogen (secondary N) is 1. The molecule has 0 unspecified atom stereocenters. The summed E-state index contributed by atoms with van der Waals surface area (Å²) < 4.78 is 1.75. The molecule has 3 rings (SSSR count). The zero-order valence-electron chi connectivity index (χ0n) is 11.5. The van der Waals surface area contributed by atoms with E-state index in [4.69, 9.17) is 0 Å². The van der Waals surface area contributed by atoms with Crippen LogP contribution in [0.5, 0.6) is 0 Å². The number of anilines is 1. The molecule has 21 heavy (non-hydrogen) atoms. The third kappa shape index (κ3) is 2.65. The van der Waals surface area contributed by atoms with E-state index >= 15 is 0 Å². The van der Waals surface area contributed by atoms with Crippen molar-refractivity contribution in [3.63, 3.8) is 0 Å². The van der Waals surface area contributed by atoms with Crippen molar-refractivity contribution in [3.05, 3.63) is 45.0 Å². The second kappa shape index (κ2) is 5.69. The van der Waals surface area contributed by atoms with E-state index in [1.807, 2.05) is 44.3 Å². The van der Waals surface area contributed by atoms with E-state index in [1.165, 1.54) is 0 Å². The summed E-state index contributed by atoms with van der Waals surface area (Å²) in [7, 11) is 1.83. The molecule has 0 saturated heterocycles. The predicted molar refractivity (Wildman–Crippen MR) is 92.5 cm³/mol. The molecule has 4 nitrogen and oxygen atoms in total. The van der Waals surface area contributed by atoms with Gasteiger partial charge in [-0.25, -0.2) is 15.0 Å². The van der Waals surface area contributed by atoms with Crippen molar-refractivity contribution < 1.29 is 0 Å². The minimum atomic E-state index is 0.595. The molecule has 106 valence electrons. The number of benzene rings is 1. The number of halogens is 2. The smallest absolute Gasteiger partial charge is 0.181 e. The summed E-state index contributed by atoms with van der Waals surface area (Å²) in [5, 5.41) is 4.14. The summed E-state index contributed by atoms with van der Waals surface area (Å²) in [6.07, 6.45) is 0. The zero-order chi connectivity index (χ0) is 15.0. The van der Waals surface area contributed by atoms with Crippen molar-refractivity contribution >= 4 is 48.6 Å². The van der Waals surface area contributed by atoms with Gasteiger partial charge in [0.1, 0.15) is 11.5 Å². The van der Waals surface area contributed by atoms with Crippen molar-refractivity contribution in [3.8, 4) is 11.5 Å². The first-order valence-corrected chi connectivity index (χ1v) is 7.96. The zero-order valence-corrected chi connectivity index (χ0v) is 14.7. The van der Waals surface area contributed by atoms with Crippen LogP contribution >= 0.6 is 31.9 Å². The number of aryl methyl sites for hydroxylation is 1. The standard InChI is InChI=1S/C15H12Br2N4/c1-8-12(17)14(18-2)21-15(19-8)13-10(16)7-9-5-3-4-6-11(9)20-13/h3-7H,1-2H3,(H,18,19,21). The van der Waals surface area contributed by atoms with Gasteiger partial charge in [-0.3, -0.25) is 0 Å². The summed E-state index contributed by atoms with van der Waals surface area (Å²) in [6, 6.07) is 10.0. The Balaban J connectivity index is 2.25. The van der Waals surface area contributed by atoms with Crippen LogP contribution in [0, 0.1) is 6.92 Å². The second-order valence-electron chi connectivity index (χ2n) is 4.56. The number of nitrogens with zero attached hydrogens (tertiary/aromatic N) is 3. The maximum atomic E-state index is 4.68. The summed E-state index contributed by atoms with van der Waals surface area (Å²) in [4.78, 5) is 13.7. The van der Waals surface area contributed by atoms with Gasteiger partial charge in [0, 0.05) is 16.9 Å². The number of fused-ring (bicyclic) bond motifs is 1. The third-order valence-corrected chi connectivity index (χ3v) is 4.70. The molecule has 0 fully saturated rings. The molecule has 0 bridgehead atoms. The highest BCUT2D eigenvalue weighted by molar-refractivity contribution is 9.11.